The fraction of sp³-hybridized carbons (Fsp3) is 0.310. The zero-order valence-corrected chi connectivity index (χ0v) is 22.9. The summed E-state index contributed by atoms with van der Waals surface area (Å²) >= 11 is 0. The van der Waals surface area contributed by atoms with Crippen LogP contribution < -0.4 is 14.2 Å². The van der Waals surface area contributed by atoms with Crippen molar-refractivity contribution in [3.05, 3.63) is 83.4 Å². The predicted molar refractivity (Wildman–Crippen MR) is 149 cm³/mol. The lowest BCUT2D eigenvalue weighted by atomic mass is 10.0. The minimum absolute atomic E-state index is 0.0140. The second-order valence-corrected chi connectivity index (χ2v) is 11.1. The molecule has 1 N–H and O–H groups in total. The van der Waals surface area contributed by atoms with Gasteiger partial charge in [0.25, 0.3) is 15.9 Å². The molecule has 2 atom stereocenters. The van der Waals surface area contributed by atoms with E-state index in [9.17, 15) is 18.0 Å². The third-order valence-corrected chi connectivity index (χ3v) is 7.91. The molecule has 0 radical (unpaired) electrons. The molecule has 0 saturated carbocycles. The summed E-state index contributed by atoms with van der Waals surface area (Å²) < 4.78 is 55.3. The number of amides is 2. The average Bonchev–Trinajstić information content (AvgIpc) is 3.38. The summed E-state index contributed by atoms with van der Waals surface area (Å²) in [5.74, 6) is -0.265. The molecule has 0 bridgehead atoms. The summed E-state index contributed by atoms with van der Waals surface area (Å²) in [6, 6.07) is 17.3. The maximum atomic E-state index is 13.6. The predicted octanol–water partition coefficient (Wildman–Crippen LogP) is 3.86. The fourth-order valence-electron chi connectivity index (χ4n) is 4.55. The Balaban J connectivity index is 1.57. The Morgan fingerprint density at radius 2 is 1.82 bits per heavy atom. The molecule has 0 aliphatic carbocycles. The summed E-state index contributed by atoms with van der Waals surface area (Å²) in [5.41, 5.74) is 2.40. The van der Waals surface area contributed by atoms with Gasteiger partial charge in [-0.05, 0) is 49.7 Å². The molecule has 3 aromatic carbocycles. The number of hydrogen-bond acceptors (Lipinski definition) is 6. The third kappa shape index (κ3) is 6.17. The van der Waals surface area contributed by atoms with E-state index in [0.29, 0.717) is 11.3 Å². The van der Waals surface area contributed by atoms with Crippen LogP contribution in [0.15, 0.2) is 71.6 Å². The summed E-state index contributed by atoms with van der Waals surface area (Å²) in [6.07, 6.45) is -0.430. The van der Waals surface area contributed by atoms with Gasteiger partial charge in [0.05, 0.1) is 19.3 Å². The summed E-state index contributed by atoms with van der Waals surface area (Å²) in [7, 11) is -3.37. The minimum atomic E-state index is -3.96. The van der Waals surface area contributed by atoms with E-state index >= 15 is 0 Å². The van der Waals surface area contributed by atoms with Crippen LogP contribution in [-0.4, -0.2) is 69.9 Å². The number of anilines is 1. The van der Waals surface area contributed by atoms with Gasteiger partial charge in [-0.3, -0.25) is 14.3 Å². The van der Waals surface area contributed by atoms with Crippen LogP contribution in [0, 0.1) is 13.8 Å². The highest BCUT2D eigenvalue weighted by molar-refractivity contribution is 7.92. The number of carbonyl (C=O) groups is 2. The highest BCUT2D eigenvalue weighted by Gasteiger charge is 2.42. The number of likely N-dealkylation sites (N-methyl/N-ethyl adjacent to an activating group) is 1. The lowest BCUT2D eigenvalue weighted by Gasteiger charge is -2.26. The van der Waals surface area contributed by atoms with Gasteiger partial charge in [-0.1, -0.05) is 35.9 Å². The zero-order chi connectivity index (χ0) is 29.7. The first-order chi connectivity index (χ1) is 19.6. The van der Waals surface area contributed by atoms with Crippen molar-refractivity contribution in [1.82, 2.24) is 9.80 Å². The SMILES string of the molecule is [2H]CN(C[2H])C(=O)[C@@H]1C[C@H](Oc2cccc(NS(=O)(=O)c3ccccc3OC)c2)CN1C(=O)c1cc(C)ccc1C. The van der Waals surface area contributed by atoms with E-state index in [2.05, 4.69) is 4.72 Å². The van der Waals surface area contributed by atoms with E-state index in [1.165, 1.54) is 24.1 Å². The summed E-state index contributed by atoms with van der Waals surface area (Å²) in [4.78, 5) is 29.4. The Bertz CT molecular complexity index is 1530. The van der Waals surface area contributed by atoms with E-state index in [0.717, 1.165) is 16.0 Å². The van der Waals surface area contributed by atoms with Gasteiger partial charge in [0.2, 0.25) is 5.91 Å². The minimum Gasteiger partial charge on any atom is -0.495 e. The monoisotopic (exact) mass is 553 g/mol. The number of aryl methyl sites for hydroxylation is 2. The summed E-state index contributed by atoms with van der Waals surface area (Å²) in [6.45, 7) is 3.81. The van der Waals surface area contributed by atoms with Crippen LogP contribution in [0.1, 0.15) is 30.6 Å². The van der Waals surface area contributed by atoms with Gasteiger partial charge in [0, 0.05) is 34.8 Å². The molecular weight excluding hydrogens is 518 g/mol. The number of sulfonamides is 1. The quantitative estimate of drug-likeness (QED) is 0.454. The lowest BCUT2D eigenvalue weighted by molar-refractivity contribution is -0.132. The Morgan fingerprint density at radius 1 is 1.05 bits per heavy atom. The summed E-state index contributed by atoms with van der Waals surface area (Å²) in [5, 5.41) is 0. The van der Waals surface area contributed by atoms with Crippen LogP contribution in [0.5, 0.6) is 11.5 Å². The molecule has 3 aromatic rings. The number of carbonyl (C=O) groups excluding carboxylic acids is 2. The van der Waals surface area contributed by atoms with Crippen molar-refractivity contribution in [2.45, 2.75) is 37.3 Å². The molecule has 39 heavy (non-hydrogen) atoms. The molecule has 1 aliphatic heterocycles. The Hall–Kier alpha value is -4.05. The second-order valence-electron chi connectivity index (χ2n) is 9.43. The zero-order valence-electron chi connectivity index (χ0n) is 24.1. The highest BCUT2D eigenvalue weighted by Crippen LogP contribution is 2.30. The largest absolute Gasteiger partial charge is 0.495 e. The van der Waals surface area contributed by atoms with Gasteiger partial charge in [-0.15, -0.1) is 0 Å². The first kappa shape index (κ1) is 25.2. The van der Waals surface area contributed by atoms with E-state index in [1.54, 1.807) is 42.5 Å². The molecule has 0 unspecified atom stereocenters. The number of nitrogens with one attached hydrogen (secondary N) is 1. The first-order valence-electron chi connectivity index (χ1n) is 13.7. The van der Waals surface area contributed by atoms with Crippen LogP contribution >= 0.6 is 0 Å². The van der Waals surface area contributed by atoms with Crippen LogP contribution in [0.2, 0.25) is 0 Å². The standard InChI is InChI=1S/C29H33N3O6S/c1-19-13-14-20(2)24(15-19)28(33)32-18-23(17-25(32)29(34)31(3)4)38-22-10-8-9-21(16-22)30-39(35,36)27-12-7-6-11-26(27)37-5/h6-16,23,25,30H,17-18H2,1-5H3/t23-,25-/m0/s1/i3D,4D. The third-order valence-electron chi connectivity index (χ3n) is 6.49. The molecule has 1 aliphatic rings. The molecular formula is C29H33N3O6S. The Morgan fingerprint density at radius 3 is 2.56 bits per heavy atom. The van der Waals surface area contributed by atoms with Gasteiger partial charge < -0.3 is 19.3 Å². The van der Waals surface area contributed by atoms with Crippen molar-refractivity contribution < 1.29 is 30.2 Å². The van der Waals surface area contributed by atoms with E-state index in [4.69, 9.17) is 12.2 Å². The molecule has 0 aromatic heterocycles. The van der Waals surface area contributed by atoms with Crippen molar-refractivity contribution >= 4 is 27.5 Å². The number of ether oxygens (including phenoxy) is 2. The van der Waals surface area contributed by atoms with Crippen molar-refractivity contribution in [3.8, 4) is 11.5 Å². The molecule has 4 rings (SSSR count). The van der Waals surface area contributed by atoms with Crippen LogP contribution in [0.4, 0.5) is 5.69 Å². The molecule has 1 fully saturated rings. The highest BCUT2D eigenvalue weighted by atomic mass is 32.2. The maximum absolute atomic E-state index is 13.6. The molecule has 1 heterocycles. The Kier molecular flexibility index (Phi) is 7.36. The van der Waals surface area contributed by atoms with Gasteiger partial charge in [-0.25, -0.2) is 8.42 Å². The van der Waals surface area contributed by atoms with Crippen molar-refractivity contribution in [2.24, 2.45) is 0 Å². The molecule has 10 heteroatoms. The average molecular weight is 554 g/mol. The number of likely N-dealkylation sites (tertiary alicyclic amines) is 1. The normalized spacial score (nSPS) is 17.7. The van der Waals surface area contributed by atoms with Crippen LogP contribution in [0.3, 0.4) is 0 Å². The van der Waals surface area contributed by atoms with Crippen molar-refractivity contribution in [3.63, 3.8) is 0 Å². The van der Waals surface area contributed by atoms with Gasteiger partial charge in [-0.2, -0.15) is 0 Å². The topological polar surface area (TPSA) is 105 Å². The first-order valence-corrected chi connectivity index (χ1v) is 13.7. The maximum Gasteiger partial charge on any atom is 0.265 e. The van der Waals surface area contributed by atoms with E-state index in [-0.39, 0.29) is 35.2 Å². The van der Waals surface area contributed by atoms with Crippen LogP contribution in [0.25, 0.3) is 0 Å². The van der Waals surface area contributed by atoms with Crippen molar-refractivity contribution in [2.75, 3.05) is 32.4 Å². The number of rotatable bonds is 8. The van der Waals surface area contributed by atoms with Gasteiger partial charge in [0.15, 0.2) is 0 Å². The van der Waals surface area contributed by atoms with E-state index < -0.39 is 42.1 Å². The number of methoxy groups -OCH3 is 1. The fourth-order valence-corrected chi connectivity index (χ4v) is 5.77. The number of benzene rings is 3. The molecule has 0 spiro atoms. The molecule has 1 saturated heterocycles. The molecule has 9 nitrogen and oxygen atoms in total. The second kappa shape index (κ2) is 11.4. The number of nitrogens with zero attached hydrogens (tertiary/aromatic N) is 2. The Labute approximate surface area is 232 Å². The molecule has 2 amide bonds. The van der Waals surface area contributed by atoms with Crippen LogP contribution in [-0.2, 0) is 14.8 Å². The van der Waals surface area contributed by atoms with Gasteiger partial charge >= 0.3 is 0 Å². The number of hydrogen-bond donors (Lipinski definition) is 1. The smallest absolute Gasteiger partial charge is 0.265 e. The van der Waals surface area contributed by atoms with Gasteiger partial charge in [0.1, 0.15) is 28.5 Å². The van der Waals surface area contributed by atoms with Crippen molar-refractivity contribution in [1.29, 1.82) is 0 Å². The number of para-hydroxylation sites is 1. The molecule has 206 valence electrons. The lowest BCUT2D eigenvalue weighted by Crippen LogP contribution is -2.45. The van der Waals surface area contributed by atoms with E-state index in [1.807, 2.05) is 26.0 Å².